The number of nitrogens with one attached hydrogen (secondary N) is 1. The van der Waals surface area contributed by atoms with Gasteiger partial charge in [0.2, 0.25) is 0 Å². The van der Waals surface area contributed by atoms with Gasteiger partial charge in [-0.2, -0.15) is 34.4 Å². The van der Waals surface area contributed by atoms with Crippen LogP contribution >= 0.6 is 0 Å². The molecule has 25 heavy (non-hydrogen) atoms. The van der Waals surface area contributed by atoms with Crippen LogP contribution in [0, 0.1) is 0 Å². The predicted octanol–water partition coefficient (Wildman–Crippen LogP) is 1.19. The lowest BCUT2D eigenvalue weighted by molar-refractivity contribution is 0.115. The molecule has 0 atom stereocenters. The van der Waals surface area contributed by atoms with Gasteiger partial charge < -0.3 is 4.18 Å². The van der Waals surface area contributed by atoms with Crippen molar-refractivity contribution in [2.24, 2.45) is 0 Å². The fourth-order valence-corrected chi connectivity index (χ4v) is 3.36. The summed E-state index contributed by atoms with van der Waals surface area (Å²) in [5, 5.41) is -4.23. The third-order valence-electron chi connectivity index (χ3n) is 2.36. The van der Waals surface area contributed by atoms with E-state index in [0.717, 1.165) is 12.1 Å². The molecule has 1 aromatic carbocycles. The predicted molar refractivity (Wildman–Crippen MR) is 75.6 cm³/mol. The highest BCUT2D eigenvalue weighted by Crippen LogP contribution is 2.32. The molecular formula is C9H9F4NO8S3. The number of halogens is 4. The quantitative estimate of drug-likeness (QED) is 0.372. The van der Waals surface area contributed by atoms with Crippen LogP contribution in [0.1, 0.15) is 6.92 Å². The van der Waals surface area contributed by atoms with Crippen molar-refractivity contribution < 1.29 is 51.6 Å². The van der Waals surface area contributed by atoms with E-state index in [1.165, 1.54) is 4.72 Å². The van der Waals surface area contributed by atoms with Crippen LogP contribution < -0.4 is 8.91 Å². The average Bonchev–Trinajstić information content (AvgIpc) is 2.34. The van der Waals surface area contributed by atoms with E-state index in [9.17, 15) is 42.8 Å². The molecule has 0 saturated heterocycles. The van der Waals surface area contributed by atoms with Crippen molar-refractivity contribution in [2.75, 3.05) is 4.72 Å². The van der Waals surface area contributed by atoms with Crippen molar-refractivity contribution >= 4 is 35.9 Å². The van der Waals surface area contributed by atoms with E-state index in [-0.39, 0.29) is 6.92 Å². The summed E-state index contributed by atoms with van der Waals surface area (Å²) in [6.45, 7) is 0.0484. The van der Waals surface area contributed by atoms with Crippen molar-refractivity contribution in [2.45, 2.75) is 16.8 Å². The van der Waals surface area contributed by atoms with Gasteiger partial charge >= 0.3 is 30.1 Å². The Bertz CT molecular complexity index is 966. The highest BCUT2D eigenvalue weighted by molar-refractivity contribution is 8.05. The maximum Gasteiger partial charge on any atom is 0.506 e. The van der Waals surface area contributed by atoms with E-state index in [1.54, 1.807) is 0 Å². The van der Waals surface area contributed by atoms with E-state index in [0.29, 0.717) is 12.1 Å². The van der Waals surface area contributed by atoms with Crippen LogP contribution in [0.15, 0.2) is 24.3 Å². The Morgan fingerprint density at radius 2 is 1.56 bits per heavy atom. The van der Waals surface area contributed by atoms with Crippen LogP contribution in [-0.2, 0) is 30.3 Å². The highest BCUT2D eigenvalue weighted by atomic mass is 32.3. The Labute approximate surface area is 139 Å². The summed E-state index contributed by atoms with van der Waals surface area (Å²) in [7, 11) is -17.9. The maximum atomic E-state index is 13.2. The molecule has 0 aromatic heterocycles. The van der Waals surface area contributed by atoms with Gasteiger partial charge in [0.15, 0.2) is 0 Å². The number of rotatable bonds is 7. The fourth-order valence-electron chi connectivity index (χ4n) is 1.16. The molecule has 1 rings (SSSR count). The third kappa shape index (κ3) is 4.50. The molecule has 0 bridgehead atoms. The zero-order valence-electron chi connectivity index (χ0n) is 11.9. The SMILES string of the molecule is CC(F)(F)S(=O)(=O)Nc1cccc(OS(=O)(=O)C(F)(F)S(=O)(=O)O)c1. The number of anilines is 1. The number of hydrogen-bond donors (Lipinski definition) is 2. The van der Waals surface area contributed by atoms with Crippen LogP contribution in [0.4, 0.5) is 23.2 Å². The lowest BCUT2D eigenvalue weighted by Gasteiger charge is -2.16. The summed E-state index contributed by atoms with van der Waals surface area (Å²) in [5.74, 6) is -1.04. The minimum atomic E-state index is -6.40. The zero-order chi connectivity index (χ0) is 19.9. The molecule has 144 valence electrons. The molecule has 9 nitrogen and oxygen atoms in total. The van der Waals surface area contributed by atoms with Crippen molar-refractivity contribution in [1.82, 2.24) is 0 Å². The van der Waals surface area contributed by atoms with Crippen molar-refractivity contribution in [3.63, 3.8) is 0 Å². The molecule has 0 aliphatic heterocycles. The lowest BCUT2D eigenvalue weighted by atomic mass is 10.3. The first kappa shape index (κ1) is 21.4. The van der Waals surface area contributed by atoms with E-state index >= 15 is 0 Å². The summed E-state index contributed by atoms with van der Waals surface area (Å²) in [5.41, 5.74) is -0.690. The zero-order valence-corrected chi connectivity index (χ0v) is 14.3. The van der Waals surface area contributed by atoms with Gasteiger partial charge in [0.1, 0.15) is 5.75 Å². The second-order valence-corrected chi connectivity index (χ2v) is 9.65. The minimum absolute atomic E-state index is 0.0484. The molecule has 0 saturated carbocycles. The monoisotopic (exact) mass is 431 g/mol. The van der Waals surface area contributed by atoms with E-state index < -0.39 is 51.5 Å². The molecule has 2 N–H and O–H groups in total. The van der Waals surface area contributed by atoms with Crippen LogP contribution in [0.25, 0.3) is 0 Å². The maximum absolute atomic E-state index is 13.2. The molecule has 0 spiro atoms. The molecule has 0 heterocycles. The van der Waals surface area contributed by atoms with Crippen molar-refractivity contribution in [1.29, 1.82) is 0 Å². The van der Waals surface area contributed by atoms with Crippen LogP contribution in [0.3, 0.4) is 0 Å². The number of alkyl halides is 4. The van der Waals surface area contributed by atoms with Crippen LogP contribution in [0.5, 0.6) is 5.75 Å². The van der Waals surface area contributed by atoms with Gasteiger partial charge in [-0.05, 0) is 12.1 Å². The Balaban J connectivity index is 3.20. The molecular weight excluding hydrogens is 422 g/mol. The first-order chi connectivity index (χ1) is 10.9. The van der Waals surface area contributed by atoms with E-state index in [2.05, 4.69) is 4.18 Å². The number of hydrogen-bond acceptors (Lipinski definition) is 7. The third-order valence-corrected chi connectivity index (χ3v) is 6.64. The standard InChI is InChI=1S/C9H9F4NO8S3/c1-8(10,11)23(15,16)14-6-3-2-4-7(5-6)22-25(20,21)9(12,13)24(17,18)19/h2-5,14H,1H3,(H,17,18,19). The average molecular weight is 431 g/mol. The Kier molecular flexibility index (Phi) is 5.35. The Morgan fingerprint density at radius 1 is 1.04 bits per heavy atom. The van der Waals surface area contributed by atoms with Gasteiger partial charge in [-0.25, -0.2) is 8.42 Å². The van der Waals surface area contributed by atoms with Gasteiger partial charge in [0.25, 0.3) is 10.0 Å². The van der Waals surface area contributed by atoms with E-state index in [1.807, 2.05) is 0 Å². The van der Waals surface area contributed by atoms with Gasteiger partial charge in [0.05, 0.1) is 5.69 Å². The molecule has 0 amide bonds. The number of sulfonamides is 1. The fraction of sp³-hybridized carbons (Fsp3) is 0.333. The van der Waals surface area contributed by atoms with Crippen molar-refractivity contribution in [3.05, 3.63) is 24.3 Å². The lowest BCUT2D eigenvalue weighted by Crippen LogP contribution is -2.40. The topological polar surface area (TPSA) is 144 Å². The summed E-state index contributed by atoms with van der Waals surface area (Å²) in [4.78, 5) is 0. The van der Waals surface area contributed by atoms with Gasteiger partial charge in [-0.3, -0.25) is 9.27 Å². The molecule has 0 fully saturated rings. The number of benzene rings is 1. The first-order valence-corrected chi connectivity index (χ1v) is 10.0. The Morgan fingerprint density at radius 3 is 2.00 bits per heavy atom. The normalized spacial score (nSPS) is 14.2. The van der Waals surface area contributed by atoms with Crippen LogP contribution in [0.2, 0.25) is 0 Å². The first-order valence-electron chi connectivity index (χ1n) is 5.70. The Hall–Kier alpha value is -1.65. The molecule has 0 radical (unpaired) electrons. The van der Waals surface area contributed by atoms with E-state index in [4.69, 9.17) is 4.55 Å². The largest absolute Gasteiger partial charge is 0.506 e. The molecule has 0 aliphatic carbocycles. The molecule has 0 unspecified atom stereocenters. The smallest absolute Gasteiger partial charge is 0.377 e. The second kappa shape index (κ2) is 6.26. The van der Waals surface area contributed by atoms with Crippen LogP contribution in [-0.4, -0.2) is 39.6 Å². The second-order valence-electron chi connectivity index (χ2n) is 4.42. The van der Waals surface area contributed by atoms with Gasteiger partial charge in [0, 0.05) is 13.0 Å². The summed E-state index contributed by atoms with van der Waals surface area (Å²) in [6, 6.07) is 2.78. The van der Waals surface area contributed by atoms with Gasteiger partial charge in [-0.15, -0.1) is 0 Å². The molecule has 1 aromatic rings. The highest BCUT2D eigenvalue weighted by Gasteiger charge is 2.60. The van der Waals surface area contributed by atoms with Gasteiger partial charge in [-0.1, -0.05) is 6.07 Å². The van der Waals surface area contributed by atoms with Crippen molar-refractivity contribution in [3.8, 4) is 5.75 Å². The minimum Gasteiger partial charge on any atom is -0.377 e. The summed E-state index contributed by atoms with van der Waals surface area (Å²) in [6.07, 6.45) is 0. The molecule has 0 aliphatic rings. The summed E-state index contributed by atoms with van der Waals surface area (Å²) < 4.78 is 126. The summed E-state index contributed by atoms with van der Waals surface area (Å²) >= 11 is 0. The molecule has 16 heteroatoms.